The lowest BCUT2D eigenvalue weighted by atomic mass is 10.1. The van der Waals surface area contributed by atoms with Crippen LogP contribution in [0, 0.1) is 6.92 Å². The van der Waals surface area contributed by atoms with Gasteiger partial charge in [-0.1, -0.05) is 11.6 Å². The Hall–Kier alpha value is -2.30. The molecule has 1 aromatic carbocycles. The van der Waals surface area contributed by atoms with Crippen molar-refractivity contribution in [1.29, 1.82) is 0 Å². The van der Waals surface area contributed by atoms with E-state index in [1.165, 1.54) is 6.08 Å². The zero-order valence-electron chi connectivity index (χ0n) is 10.4. The molecule has 5 nitrogen and oxygen atoms in total. The first-order chi connectivity index (χ1) is 8.40. The van der Waals surface area contributed by atoms with Gasteiger partial charge in [0.15, 0.2) is 0 Å². The van der Waals surface area contributed by atoms with E-state index in [0.717, 1.165) is 22.9 Å². The van der Waals surface area contributed by atoms with Crippen LogP contribution in [0.4, 0.5) is 5.69 Å². The molecule has 5 heteroatoms. The van der Waals surface area contributed by atoms with E-state index < -0.39 is 11.9 Å². The summed E-state index contributed by atoms with van der Waals surface area (Å²) < 4.78 is 0. The van der Waals surface area contributed by atoms with Crippen LogP contribution in [0.25, 0.3) is 6.08 Å². The fourth-order valence-corrected chi connectivity index (χ4v) is 1.64. The van der Waals surface area contributed by atoms with Gasteiger partial charge in [0, 0.05) is 18.8 Å². The normalized spacial score (nSPS) is 10.6. The zero-order chi connectivity index (χ0) is 13.7. The number of carbonyl (C=O) groups excluding carboxylic acids is 1. The van der Waals surface area contributed by atoms with Crippen LogP contribution < -0.4 is 10.6 Å². The Morgan fingerprint density at radius 3 is 2.67 bits per heavy atom. The fraction of sp³-hybridized carbons (Fsp3) is 0.231. The second kappa shape index (κ2) is 5.86. The number of anilines is 1. The molecule has 96 valence electrons. The van der Waals surface area contributed by atoms with Gasteiger partial charge in [-0.15, -0.1) is 0 Å². The third-order valence-corrected chi connectivity index (χ3v) is 2.39. The average Bonchev–Trinajstić information content (AvgIpc) is 2.25. The lowest BCUT2D eigenvalue weighted by Gasteiger charge is -2.20. The van der Waals surface area contributed by atoms with Gasteiger partial charge in [0.1, 0.15) is 0 Å². The molecule has 0 aliphatic rings. The van der Waals surface area contributed by atoms with E-state index in [1.807, 2.05) is 25.1 Å². The molecule has 1 rings (SSSR count). The number of hydrogen-bond acceptors (Lipinski definition) is 3. The monoisotopic (exact) mass is 248 g/mol. The summed E-state index contributed by atoms with van der Waals surface area (Å²) in [6.45, 7) is 1.99. The standard InChI is InChI=1S/C13H16N2O3/c1-9-3-5-11(15(2)8-12(14)16)10(7-9)4-6-13(17)18/h3-7H,8H2,1-2H3,(H2,14,16)(H,17,18)/b6-4+. The lowest BCUT2D eigenvalue weighted by Crippen LogP contribution is -2.30. The maximum absolute atomic E-state index is 10.9. The summed E-state index contributed by atoms with van der Waals surface area (Å²) in [6.07, 6.45) is 2.57. The molecule has 0 aliphatic heterocycles. The minimum atomic E-state index is -1.01. The quantitative estimate of drug-likeness (QED) is 0.762. The van der Waals surface area contributed by atoms with E-state index >= 15 is 0 Å². The van der Waals surface area contributed by atoms with E-state index in [9.17, 15) is 9.59 Å². The number of benzene rings is 1. The number of nitrogens with two attached hydrogens (primary N) is 1. The van der Waals surface area contributed by atoms with Gasteiger partial charge in [-0.3, -0.25) is 4.79 Å². The first kappa shape index (κ1) is 13.8. The van der Waals surface area contributed by atoms with Gasteiger partial charge in [0.2, 0.25) is 5.91 Å². The Morgan fingerprint density at radius 2 is 2.11 bits per heavy atom. The van der Waals surface area contributed by atoms with Crippen LogP contribution in [0.2, 0.25) is 0 Å². The molecule has 0 heterocycles. The second-order valence-corrected chi connectivity index (χ2v) is 4.06. The summed E-state index contributed by atoms with van der Waals surface area (Å²) in [7, 11) is 1.73. The molecule has 0 unspecified atom stereocenters. The van der Waals surface area contributed by atoms with Crippen LogP contribution in [0.3, 0.4) is 0 Å². The van der Waals surface area contributed by atoms with Gasteiger partial charge in [0.05, 0.1) is 6.54 Å². The third-order valence-electron chi connectivity index (χ3n) is 2.39. The summed E-state index contributed by atoms with van der Waals surface area (Å²) >= 11 is 0. The molecule has 18 heavy (non-hydrogen) atoms. The zero-order valence-corrected chi connectivity index (χ0v) is 10.4. The van der Waals surface area contributed by atoms with Crippen molar-refractivity contribution >= 4 is 23.6 Å². The third kappa shape index (κ3) is 3.93. The van der Waals surface area contributed by atoms with Gasteiger partial charge in [-0.2, -0.15) is 0 Å². The van der Waals surface area contributed by atoms with Crippen LogP contribution in [-0.2, 0) is 9.59 Å². The molecule has 3 N–H and O–H groups in total. The maximum Gasteiger partial charge on any atom is 0.328 e. The fourth-order valence-electron chi connectivity index (χ4n) is 1.64. The first-order valence-electron chi connectivity index (χ1n) is 5.41. The summed E-state index contributed by atoms with van der Waals surface area (Å²) in [4.78, 5) is 23.1. The van der Waals surface area contributed by atoms with Crippen LogP contribution in [0.5, 0.6) is 0 Å². The number of carboxylic acids is 1. The highest BCUT2D eigenvalue weighted by Gasteiger charge is 2.08. The van der Waals surface area contributed by atoms with Gasteiger partial charge < -0.3 is 15.7 Å². The Kier molecular flexibility index (Phi) is 4.48. The first-order valence-corrected chi connectivity index (χ1v) is 5.41. The average molecular weight is 248 g/mol. The van der Waals surface area contributed by atoms with Crippen LogP contribution in [0.15, 0.2) is 24.3 Å². The largest absolute Gasteiger partial charge is 0.478 e. The van der Waals surface area contributed by atoms with Crippen molar-refractivity contribution in [3.8, 4) is 0 Å². The Bertz CT molecular complexity index is 495. The van der Waals surface area contributed by atoms with Crippen LogP contribution in [0.1, 0.15) is 11.1 Å². The number of likely N-dealkylation sites (N-methyl/N-ethyl adjacent to an activating group) is 1. The highest BCUT2D eigenvalue weighted by atomic mass is 16.4. The molecular weight excluding hydrogens is 232 g/mol. The summed E-state index contributed by atoms with van der Waals surface area (Å²) in [5, 5.41) is 8.64. The van der Waals surface area contributed by atoms with Crippen LogP contribution >= 0.6 is 0 Å². The van der Waals surface area contributed by atoms with Crippen LogP contribution in [-0.4, -0.2) is 30.6 Å². The number of aliphatic carboxylic acids is 1. The Balaban J connectivity index is 3.10. The summed E-state index contributed by atoms with van der Waals surface area (Å²) in [5.74, 6) is -1.45. The van der Waals surface area contributed by atoms with Gasteiger partial charge in [-0.25, -0.2) is 4.79 Å². The molecule has 0 spiro atoms. The minimum Gasteiger partial charge on any atom is -0.478 e. The molecule has 0 aromatic heterocycles. The number of carbonyl (C=O) groups is 2. The predicted molar refractivity (Wildman–Crippen MR) is 70.3 cm³/mol. The number of aryl methyl sites for hydroxylation is 1. The minimum absolute atomic E-state index is 0.0803. The molecular formula is C13H16N2O3. The van der Waals surface area contributed by atoms with Crippen molar-refractivity contribution in [3.63, 3.8) is 0 Å². The van der Waals surface area contributed by atoms with Crippen molar-refractivity contribution in [2.45, 2.75) is 6.92 Å². The van der Waals surface area contributed by atoms with E-state index in [-0.39, 0.29) is 6.54 Å². The smallest absolute Gasteiger partial charge is 0.328 e. The van der Waals surface area contributed by atoms with Crippen molar-refractivity contribution in [3.05, 3.63) is 35.4 Å². The summed E-state index contributed by atoms with van der Waals surface area (Å²) in [5.41, 5.74) is 7.65. The molecule has 0 fully saturated rings. The summed E-state index contributed by atoms with van der Waals surface area (Å²) in [6, 6.07) is 5.58. The molecule has 1 amide bonds. The van der Waals surface area contributed by atoms with Crippen molar-refractivity contribution < 1.29 is 14.7 Å². The number of nitrogens with zero attached hydrogens (tertiary/aromatic N) is 1. The highest BCUT2D eigenvalue weighted by molar-refractivity contribution is 5.87. The number of rotatable bonds is 5. The number of primary amides is 1. The molecule has 1 aromatic rings. The van der Waals surface area contributed by atoms with Crippen molar-refractivity contribution in [2.75, 3.05) is 18.5 Å². The number of amides is 1. The van der Waals surface area contributed by atoms with Gasteiger partial charge >= 0.3 is 5.97 Å². The van der Waals surface area contributed by atoms with Crippen molar-refractivity contribution in [2.24, 2.45) is 5.73 Å². The predicted octanol–water partition coefficient (Wildman–Crippen LogP) is 1.01. The Morgan fingerprint density at radius 1 is 1.44 bits per heavy atom. The van der Waals surface area contributed by atoms with E-state index in [1.54, 1.807) is 11.9 Å². The van der Waals surface area contributed by atoms with E-state index in [0.29, 0.717) is 0 Å². The molecule has 0 radical (unpaired) electrons. The SMILES string of the molecule is Cc1ccc(N(C)CC(N)=O)c(/C=C/C(=O)O)c1. The Labute approximate surface area is 106 Å². The molecule has 0 atom stereocenters. The van der Waals surface area contributed by atoms with E-state index in [4.69, 9.17) is 10.8 Å². The number of hydrogen-bond donors (Lipinski definition) is 2. The topological polar surface area (TPSA) is 83.6 Å². The highest BCUT2D eigenvalue weighted by Crippen LogP contribution is 2.22. The number of carboxylic acid groups (broad SMARTS) is 1. The molecule has 0 saturated heterocycles. The second-order valence-electron chi connectivity index (χ2n) is 4.06. The van der Waals surface area contributed by atoms with Crippen molar-refractivity contribution in [1.82, 2.24) is 0 Å². The molecule has 0 aliphatic carbocycles. The van der Waals surface area contributed by atoms with Gasteiger partial charge in [-0.05, 0) is 30.7 Å². The van der Waals surface area contributed by atoms with Gasteiger partial charge in [0.25, 0.3) is 0 Å². The molecule has 0 bridgehead atoms. The lowest BCUT2D eigenvalue weighted by molar-refractivity contribution is -0.131. The van der Waals surface area contributed by atoms with E-state index in [2.05, 4.69) is 0 Å². The maximum atomic E-state index is 10.9. The molecule has 0 saturated carbocycles.